The number of hydrogen-bond donors (Lipinski definition) is 0. The van der Waals surface area contributed by atoms with Crippen LogP contribution in [0.2, 0.25) is 0 Å². The van der Waals surface area contributed by atoms with Crippen LogP contribution in [0.25, 0.3) is 0 Å². The Labute approximate surface area is 215 Å². The Morgan fingerprint density at radius 1 is 0.703 bits per heavy atom. The number of hydrogen-bond acceptors (Lipinski definition) is 5. The Hall–Kier alpha value is -4.50. The molecule has 0 saturated heterocycles. The third kappa shape index (κ3) is 6.39. The van der Waals surface area contributed by atoms with Crippen LogP contribution in [0.15, 0.2) is 120 Å². The minimum absolute atomic E-state index is 0.0128. The van der Waals surface area contributed by atoms with Crippen molar-refractivity contribution >= 4 is 27.3 Å². The van der Waals surface area contributed by atoms with Crippen LogP contribution in [0.1, 0.15) is 11.1 Å². The fourth-order valence-corrected chi connectivity index (χ4v) is 5.27. The molecule has 0 atom stereocenters. The summed E-state index contributed by atoms with van der Waals surface area (Å²) in [7, 11) is -4.15. The highest BCUT2D eigenvalue weighted by molar-refractivity contribution is 7.92. The molecule has 0 N–H and O–H groups in total. The number of benzene rings is 4. The van der Waals surface area contributed by atoms with E-state index in [2.05, 4.69) is 0 Å². The SMILES string of the molecule is O=C(CN(c1ccc([N+](=O)[O-])cc1)S(=O)(=O)c1ccccc1)N(Cc1ccccc1)Cc1ccccc1. The summed E-state index contributed by atoms with van der Waals surface area (Å²) in [5.74, 6) is -0.412. The molecule has 4 aromatic carbocycles. The topological polar surface area (TPSA) is 101 Å². The van der Waals surface area contributed by atoms with Crippen LogP contribution in [-0.2, 0) is 27.9 Å². The highest BCUT2D eigenvalue weighted by Gasteiger charge is 2.29. The van der Waals surface area contributed by atoms with Gasteiger partial charge in [-0.05, 0) is 35.4 Å². The normalized spacial score (nSPS) is 11.0. The number of rotatable bonds is 10. The fourth-order valence-electron chi connectivity index (χ4n) is 3.84. The molecule has 0 saturated carbocycles. The average Bonchev–Trinajstić information content (AvgIpc) is 2.93. The number of non-ortho nitro benzene ring substituents is 1. The van der Waals surface area contributed by atoms with Crippen LogP contribution in [-0.4, -0.2) is 30.7 Å². The maximum atomic E-state index is 13.7. The van der Waals surface area contributed by atoms with E-state index in [4.69, 9.17) is 0 Å². The van der Waals surface area contributed by atoms with Gasteiger partial charge in [0.05, 0.1) is 15.5 Å². The van der Waals surface area contributed by atoms with Gasteiger partial charge in [0.15, 0.2) is 0 Å². The molecule has 0 aliphatic heterocycles. The largest absolute Gasteiger partial charge is 0.332 e. The van der Waals surface area contributed by atoms with E-state index in [1.807, 2.05) is 60.7 Å². The minimum atomic E-state index is -4.15. The number of nitro groups is 1. The van der Waals surface area contributed by atoms with Crippen LogP contribution in [0, 0.1) is 10.1 Å². The van der Waals surface area contributed by atoms with Gasteiger partial charge in [0.2, 0.25) is 5.91 Å². The first kappa shape index (κ1) is 25.6. The van der Waals surface area contributed by atoms with Gasteiger partial charge >= 0.3 is 0 Å². The van der Waals surface area contributed by atoms with Crippen LogP contribution in [0.4, 0.5) is 11.4 Å². The molecule has 9 heteroatoms. The fraction of sp³-hybridized carbons (Fsp3) is 0.107. The van der Waals surface area contributed by atoms with E-state index in [1.54, 1.807) is 23.1 Å². The van der Waals surface area contributed by atoms with Crippen molar-refractivity contribution in [3.63, 3.8) is 0 Å². The van der Waals surface area contributed by atoms with Crippen LogP contribution < -0.4 is 4.31 Å². The summed E-state index contributed by atoms with van der Waals surface area (Å²) in [5, 5.41) is 11.1. The predicted molar refractivity (Wildman–Crippen MR) is 141 cm³/mol. The first-order valence-corrected chi connectivity index (χ1v) is 13.0. The number of anilines is 1. The molecule has 0 aliphatic rings. The first-order valence-electron chi connectivity index (χ1n) is 11.5. The Morgan fingerprint density at radius 2 is 1.16 bits per heavy atom. The van der Waals surface area contributed by atoms with Crippen LogP contribution in [0.3, 0.4) is 0 Å². The Balaban J connectivity index is 1.70. The molecular formula is C28H25N3O5S. The molecule has 0 aromatic heterocycles. The van der Waals surface area contributed by atoms with E-state index in [0.717, 1.165) is 15.4 Å². The molecule has 0 bridgehead atoms. The van der Waals surface area contributed by atoms with Gasteiger partial charge in [-0.3, -0.25) is 19.2 Å². The van der Waals surface area contributed by atoms with E-state index < -0.39 is 27.4 Å². The summed E-state index contributed by atoms with van der Waals surface area (Å²) >= 11 is 0. The molecule has 8 nitrogen and oxygen atoms in total. The van der Waals surface area contributed by atoms with Crippen molar-refractivity contribution in [1.82, 2.24) is 4.90 Å². The highest BCUT2D eigenvalue weighted by Crippen LogP contribution is 2.26. The molecule has 0 spiro atoms. The van der Waals surface area contributed by atoms with E-state index in [-0.39, 0.29) is 29.4 Å². The molecule has 188 valence electrons. The zero-order valence-electron chi connectivity index (χ0n) is 19.9. The molecule has 4 rings (SSSR count). The maximum Gasteiger partial charge on any atom is 0.269 e. The summed E-state index contributed by atoms with van der Waals surface area (Å²) in [6.07, 6.45) is 0. The molecule has 0 heterocycles. The van der Waals surface area contributed by atoms with Crippen molar-refractivity contribution in [1.29, 1.82) is 0 Å². The lowest BCUT2D eigenvalue weighted by Crippen LogP contribution is -2.42. The van der Waals surface area contributed by atoms with Crippen molar-refractivity contribution in [2.24, 2.45) is 0 Å². The lowest BCUT2D eigenvalue weighted by atomic mass is 10.1. The van der Waals surface area contributed by atoms with E-state index in [1.165, 1.54) is 36.4 Å². The summed E-state index contributed by atoms with van der Waals surface area (Å²) < 4.78 is 28.3. The smallest absolute Gasteiger partial charge is 0.269 e. The molecule has 0 radical (unpaired) electrons. The van der Waals surface area contributed by atoms with E-state index >= 15 is 0 Å². The van der Waals surface area contributed by atoms with Crippen molar-refractivity contribution < 1.29 is 18.1 Å². The third-order valence-corrected chi connectivity index (χ3v) is 7.53. The van der Waals surface area contributed by atoms with Crippen molar-refractivity contribution in [2.75, 3.05) is 10.8 Å². The van der Waals surface area contributed by atoms with Crippen molar-refractivity contribution in [3.8, 4) is 0 Å². The van der Waals surface area contributed by atoms with Gasteiger partial charge in [-0.2, -0.15) is 0 Å². The lowest BCUT2D eigenvalue weighted by Gasteiger charge is -2.29. The molecule has 4 aromatic rings. The average molecular weight is 516 g/mol. The number of amides is 1. The Morgan fingerprint density at radius 3 is 1.62 bits per heavy atom. The van der Waals surface area contributed by atoms with Crippen LogP contribution >= 0.6 is 0 Å². The third-order valence-electron chi connectivity index (χ3n) is 5.74. The first-order chi connectivity index (χ1) is 17.8. The number of carbonyl (C=O) groups excluding carboxylic acids is 1. The number of sulfonamides is 1. The van der Waals surface area contributed by atoms with Crippen molar-refractivity contribution in [2.45, 2.75) is 18.0 Å². The van der Waals surface area contributed by atoms with Gasteiger partial charge < -0.3 is 4.90 Å². The molecule has 1 amide bonds. The molecule has 0 fully saturated rings. The summed E-state index contributed by atoms with van der Waals surface area (Å²) in [6.45, 7) is 0.0941. The molecule has 0 unspecified atom stereocenters. The van der Waals surface area contributed by atoms with Gasteiger partial charge in [-0.1, -0.05) is 78.9 Å². The Bertz CT molecular complexity index is 1400. The molecule has 37 heavy (non-hydrogen) atoms. The second-order valence-electron chi connectivity index (χ2n) is 8.32. The van der Waals surface area contributed by atoms with Crippen molar-refractivity contribution in [3.05, 3.63) is 137 Å². The summed E-state index contributed by atoms with van der Waals surface area (Å²) in [4.78, 5) is 25.9. The van der Waals surface area contributed by atoms with Gasteiger partial charge in [-0.15, -0.1) is 0 Å². The second-order valence-corrected chi connectivity index (χ2v) is 10.2. The predicted octanol–water partition coefficient (Wildman–Crippen LogP) is 5.02. The molecular weight excluding hydrogens is 490 g/mol. The quantitative estimate of drug-likeness (QED) is 0.218. The summed E-state index contributed by atoms with van der Waals surface area (Å²) in [5.41, 5.74) is 1.78. The van der Waals surface area contributed by atoms with Gasteiger partial charge in [-0.25, -0.2) is 8.42 Å². The van der Waals surface area contributed by atoms with Crippen LogP contribution in [0.5, 0.6) is 0 Å². The number of nitrogens with zero attached hydrogens (tertiary/aromatic N) is 3. The number of carbonyl (C=O) groups is 1. The lowest BCUT2D eigenvalue weighted by molar-refractivity contribution is -0.384. The summed E-state index contributed by atoms with van der Waals surface area (Å²) in [6, 6.07) is 31.8. The maximum absolute atomic E-state index is 13.7. The minimum Gasteiger partial charge on any atom is -0.332 e. The zero-order valence-corrected chi connectivity index (χ0v) is 20.7. The van der Waals surface area contributed by atoms with E-state index in [0.29, 0.717) is 0 Å². The van der Waals surface area contributed by atoms with Gasteiger partial charge in [0.25, 0.3) is 15.7 Å². The van der Waals surface area contributed by atoms with Gasteiger partial charge in [0, 0.05) is 25.2 Å². The number of nitro benzene ring substituents is 1. The zero-order chi connectivity index (χ0) is 26.3. The molecule has 0 aliphatic carbocycles. The van der Waals surface area contributed by atoms with Gasteiger partial charge in [0.1, 0.15) is 6.54 Å². The second kappa shape index (κ2) is 11.5. The highest BCUT2D eigenvalue weighted by atomic mass is 32.2. The van der Waals surface area contributed by atoms with E-state index in [9.17, 15) is 23.3 Å². The monoisotopic (exact) mass is 515 g/mol. The Kier molecular flexibility index (Phi) is 7.95. The standard InChI is InChI=1S/C28H25N3O5S/c32-28(29(20-23-10-4-1-5-11-23)21-24-12-6-2-7-13-24)22-30(25-16-18-26(19-17-25)31(33)34)37(35,36)27-14-8-3-9-15-27/h1-19H,20-22H2.